The van der Waals surface area contributed by atoms with Crippen LogP contribution in [0.1, 0.15) is 18.4 Å². The Labute approximate surface area is 148 Å². The SMILES string of the molecule is C=C1C=CC(c2ccc3nc(N(C)C4CCNCC4)ncc3c2)=CN1. The van der Waals surface area contributed by atoms with Crippen molar-refractivity contribution in [3.63, 3.8) is 0 Å². The maximum atomic E-state index is 4.78. The molecule has 1 fully saturated rings. The second-order valence-corrected chi connectivity index (χ2v) is 6.64. The van der Waals surface area contributed by atoms with Gasteiger partial charge in [0.15, 0.2) is 0 Å². The van der Waals surface area contributed by atoms with Gasteiger partial charge in [0.25, 0.3) is 0 Å². The number of benzene rings is 1. The quantitative estimate of drug-likeness (QED) is 0.905. The molecule has 0 spiro atoms. The first kappa shape index (κ1) is 15.8. The van der Waals surface area contributed by atoms with E-state index in [1.165, 1.54) is 0 Å². The summed E-state index contributed by atoms with van der Waals surface area (Å²) >= 11 is 0. The molecule has 0 radical (unpaired) electrons. The van der Waals surface area contributed by atoms with Crippen LogP contribution in [0.3, 0.4) is 0 Å². The van der Waals surface area contributed by atoms with Crippen LogP contribution < -0.4 is 15.5 Å². The smallest absolute Gasteiger partial charge is 0.225 e. The predicted octanol–water partition coefficient (Wildman–Crippen LogP) is 2.83. The molecular formula is C20H23N5. The van der Waals surface area contributed by atoms with Crippen molar-refractivity contribution >= 4 is 22.4 Å². The van der Waals surface area contributed by atoms with Gasteiger partial charge in [0.2, 0.25) is 5.95 Å². The van der Waals surface area contributed by atoms with E-state index in [-0.39, 0.29) is 0 Å². The van der Waals surface area contributed by atoms with Gasteiger partial charge >= 0.3 is 0 Å². The van der Waals surface area contributed by atoms with E-state index < -0.39 is 0 Å². The molecule has 0 saturated carbocycles. The molecule has 0 unspecified atom stereocenters. The van der Waals surface area contributed by atoms with Crippen LogP contribution in [-0.4, -0.2) is 36.1 Å². The number of piperidine rings is 1. The van der Waals surface area contributed by atoms with Gasteiger partial charge in [-0.15, -0.1) is 0 Å². The molecule has 2 aromatic rings. The number of dihydropyridines is 1. The molecule has 0 atom stereocenters. The van der Waals surface area contributed by atoms with Gasteiger partial charge < -0.3 is 15.5 Å². The molecule has 2 aliphatic heterocycles. The third-order valence-corrected chi connectivity index (χ3v) is 4.95. The van der Waals surface area contributed by atoms with E-state index in [2.05, 4.69) is 58.4 Å². The number of aromatic nitrogens is 2. The molecule has 5 nitrogen and oxygen atoms in total. The van der Waals surface area contributed by atoms with Crippen molar-refractivity contribution in [3.8, 4) is 0 Å². The maximum absolute atomic E-state index is 4.78. The van der Waals surface area contributed by atoms with Crippen LogP contribution in [0.25, 0.3) is 16.5 Å². The number of anilines is 1. The Kier molecular flexibility index (Phi) is 4.24. The molecule has 0 bridgehead atoms. The molecule has 3 heterocycles. The van der Waals surface area contributed by atoms with Gasteiger partial charge in [0.05, 0.1) is 5.52 Å². The van der Waals surface area contributed by atoms with Crippen LogP contribution >= 0.6 is 0 Å². The van der Waals surface area contributed by atoms with E-state index in [0.717, 1.165) is 59.6 Å². The van der Waals surface area contributed by atoms with Gasteiger partial charge in [-0.1, -0.05) is 18.7 Å². The number of rotatable bonds is 3. The number of hydrogen-bond donors (Lipinski definition) is 2. The standard InChI is InChI=1S/C20H23N5/c1-14-3-4-16(12-22-14)15-5-6-19-17(11-15)13-23-20(24-19)25(2)18-7-9-21-10-8-18/h3-6,11-13,18,21-22H,1,7-10H2,2H3. The predicted molar refractivity (Wildman–Crippen MR) is 103 cm³/mol. The summed E-state index contributed by atoms with van der Waals surface area (Å²) in [4.78, 5) is 11.6. The van der Waals surface area contributed by atoms with Crippen molar-refractivity contribution in [1.82, 2.24) is 20.6 Å². The van der Waals surface area contributed by atoms with Crippen LogP contribution in [-0.2, 0) is 0 Å². The number of hydrogen-bond acceptors (Lipinski definition) is 5. The second-order valence-electron chi connectivity index (χ2n) is 6.64. The highest BCUT2D eigenvalue weighted by Gasteiger charge is 2.20. The van der Waals surface area contributed by atoms with E-state index in [1.807, 2.05) is 18.5 Å². The lowest BCUT2D eigenvalue weighted by Crippen LogP contribution is -2.41. The molecular weight excluding hydrogens is 310 g/mol. The number of nitrogens with one attached hydrogen (secondary N) is 2. The van der Waals surface area contributed by atoms with Crippen molar-refractivity contribution in [1.29, 1.82) is 0 Å². The Morgan fingerprint density at radius 3 is 2.80 bits per heavy atom. The maximum Gasteiger partial charge on any atom is 0.225 e. The summed E-state index contributed by atoms with van der Waals surface area (Å²) < 4.78 is 0. The average molecular weight is 333 g/mol. The number of nitrogens with zero attached hydrogens (tertiary/aromatic N) is 3. The van der Waals surface area contributed by atoms with Crippen LogP contribution in [0.2, 0.25) is 0 Å². The first-order valence-electron chi connectivity index (χ1n) is 8.75. The Morgan fingerprint density at radius 2 is 2.04 bits per heavy atom. The lowest BCUT2D eigenvalue weighted by Gasteiger charge is -2.31. The van der Waals surface area contributed by atoms with Crippen LogP contribution in [0, 0.1) is 0 Å². The van der Waals surface area contributed by atoms with Gasteiger partial charge in [-0.25, -0.2) is 9.97 Å². The van der Waals surface area contributed by atoms with E-state index in [4.69, 9.17) is 4.98 Å². The zero-order valence-corrected chi connectivity index (χ0v) is 14.5. The Bertz CT molecular complexity index is 862. The summed E-state index contributed by atoms with van der Waals surface area (Å²) in [6, 6.07) is 6.82. The van der Waals surface area contributed by atoms with Crippen LogP contribution in [0.4, 0.5) is 5.95 Å². The van der Waals surface area contributed by atoms with E-state index >= 15 is 0 Å². The molecule has 0 amide bonds. The molecule has 2 N–H and O–H groups in total. The molecule has 0 aliphatic carbocycles. The number of fused-ring (bicyclic) bond motifs is 1. The highest BCUT2D eigenvalue weighted by molar-refractivity contribution is 5.86. The summed E-state index contributed by atoms with van der Waals surface area (Å²) in [5, 5.41) is 7.61. The minimum Gasteiger partial charge on any atom is -0.362 e. The van der Waals surface area contributed by atoms with E-state index in [1.54, 1.807) is 0 Å². The zero-order chi connectivity index (χ0) is 17.2. The lowest BCUT2D eigenvalue weighted by atomic mass is 10.0. The van der Waals surface area contributed by atoms with Gasteiger partial charge in [0.1, 0.15) is 0 Å². The third kappa shape index (κ3) is 3.28. The Balaban J connectivity index is 1.60. The first-order valence-corrected chi connectivity index (χ1v) is 8.75. The zero-order valence-electron chi connectivity index (χ0n) is 14.5. The highest BCUT2D eigenvalue weighted by Crippen LogP contribution is 2.24. The van der Waals surface area contributed by atoms with E-state index in [0.29, 0.717) is 6.04 Å². The van der Waals surface area contributed by atoms with Crippen molar-refractivity contribution in [2.24, 2.45) is 0 Å². The molecule has 4 rings (SSSR count). The summed E-state index contributed by atoms with van der Waals surface area (Å²) in [6.07, 6.45) is 10.2. The summed E-state index contributed by atoms with van der Waals surface area (Å²) in [6.45, 7) is 6.01. The average Bonchev–Trinajstić information content (AvgIpc) is 2.68. The summed E-state index contributed by atoms with van der Waals surface area (Å²) in [5.74, 6) is 0.807. The Morgan fingerprint density at radius 1 is 1.20 bits per heavy atom. The van der Waals surface area contributed by atoms with Gasteiger partial charge in [-0.2, -0.15) is 0 Å². The molecule has 1 aromatic heterocycles. The van der Waals surface area contributed by atoms with Gasteiger partial charge in [-0.3, -0.25) is 0 Å². The third-order valence-electron chi connectivity index (χ3n) is 4.95. The summed E-state index contributed by atoms with van der Waals surface area (Å²) in [5.41, 5.74) is 4.16. The van der Waals surface area contributed by atoms with E-state index in [9.17, 15) is 0 Å². The fourth-order valence-electron chi connectivity index (χ4n) is 3.37. The topological polar surface area (TPSA) is 53.1 Å². The minimum atomic E-state index is 0.509. The van der Waals surface area contributed by atoms with Gasteiger partial charge in [-0.05, 0) is 55.3 Å². The highest BCUT2D eigenvalue weighted by atomic mass is 15.3. The molecule has 25 heavy (non-hydrogen) atoms. The monoisotopic (exact) mass is 333 g/mol. The first-order chi connectivity index (χ1) is 12.2. The van der Waals surface area contributed by atoms with Crippen LogP contribution in [0.15, 0.2) is 55.0 Å². The molecule has 5 heteroatoms. The molecule has 1 aromatic carbocycles. The lowest BCUT2D eigenvalue weighted by molar-refractivity contribution is 0.440. The minimum absolute atomic E-state index is 0.509. The number of allylic oxidation sites excluding steroid dienone is 3. The summed E-state index contributed by atoms with van der Waals surface area (Å²) in [7, 11) is 2.10. The normalized spacial score (nSPS) is 18.1. The van der Waals surface area contributed by atoms with Gasteiger partial charge in [0, 0.05) is 36.6 Å². The fraction of sp³-hybridized carbons (Fsp3) is 0.300. The van der Waals surface area contributed by atoms with Crippen LogP contribution in [0.5, 0.6) is 0 Å². The largest absolute Gasteiger partial charge is 0.362 e. The van der Waals surface area contributed by atoms with Crippen molar-refractivity contribution in [2.75, 3.05) is 25.0 Å². The van der Waals surface area contributed by atoms with Crippen molar-refractivity contribution in [3.05, 3.63) is 60.6 Å². The fourth-order valence-corrected chi connectivity index (χ4v) is 3.37. The Hall–Kier alpha value is -2.66. The molecule has 1 saturated heterocycles. The van der Waals surface area contributed by atoms with Crippen molar-refractivity contribution in [2.45, 2.75) is 18.9 Å². The molecule has 2 aliphatic rings. The van der Waals surface area contributed by atoms with Crippen molar-refractivity contribution < 1.29 is 0 Å². The second kappa shape index (κ2) is 6.69. The molecule has 128 valence electrons.